The topological polar surface area (TPSA) is 188 Å². The number of benzene rings is 3. The van der Waals surface area contributed by atoms with Gasteiger partial charge in [-0.2, -0.15) is 4.98 Å². The van der Waals surface area contributed by atoms with Gasteiger partial charge in [-0.3, -0.25) is 24.1 Å². The number of anilines is 4. The number of halogens is 1. The molecule has 3 aliphatic heterocycles. The molecule has 0 saturated carbocycles. The van der Waals surface area contributed by atoms with Gasteiger partial charge >= 0.3 is 6.09 Å². The molecule has 4 N–H and O–H groups in total. The normalized spacial score (nSPS) is 17.6. The molecule has 0 bridgehead atoms. The van der Waals surface area contributed by atoms with Gasteiger partial charge in [-0.25, -0.2) is 9.18 Å². The Labute approximate surface area is 359 Å². The number of carbonyl (C=O) groups is 5. The monoisotopic (exact) mass is 854 g/mol. The number of hydrogen-bond donors (Lipinski definition) is 4. The number of carbonyl (C=O) groups excluding carboxylic acids is 5. The predicted molar refractivity (Wildman–Crippen MR) is 231 cm³/mol. The zero-order valence-electron chi connectivity index (χ0n) is 35.4. The van der Waals surface area contributed by atoms with Crippen LogP contribution in [0.25, 0.3) is 11.1 Å². The van der Waals surface area contributed by atoms with Gasteiger partial charge in [0, 0.05) is 56.0 Å². The number of ether oxygens (including phenoxy) is 2. The van der Waals surface area contributed by atoms with Gasteiger partial charge in [-0.05, 0) is 66.3 Å². The van der Waals surface area contributed by atoms with Crippen molar-refractivity contribution in [3.8, 4) is 0 Å². The molecule has 2 saturated heterocycles. The first kappa shape index (κ1) is 43.8. The number of morpholine rings is 1. The first-order chi connectivity index (χ1) is 30.0. The number of fused-ring (bicyclic) bond motifs is 4. The number of piperidine rings is 1. The van der Waals surface area contributed by atoms with Crippen LogP contribution in [0, 0.1) is 11.7 Å². The molecule has 5 amide bonds. The second-order valence-corrected chi connectivity index (χ2v) is 16.3. The van der Waals surface area contributed by atoms with Crippen molar-refractivity contribution in [1.29, 1.82) is 0 Å². The van der Waals surface area contributed by atoms with E-state index in [4.69, 9.17) is 13.9 Å². The van der Waals surface area contributed by atoms with Gasteiger partial charge in [0.25, 0.3) is 6.01 Å². The summed E-state index contributed by atoms with van der Waals surface area (Å²) in [6.07, 6.45) is 3.04. The highest BCUT2D eigenvalue weighted by molar-refractivity contribution is 5.96. The molecule has 0 aliphatic carbocycles. The fourth-order valence-electron chi connectivity index (χ4n) is 8.17. The zero-order valence-corrected chi connectivity index (χ0v) is 35.4. The summed E-state index contributed by atoms with van der Waals surface area (Å²) in [4.78, 5) is 74.4. The third-order valence-corrected chi connectivity index (χ3v) is 11.5. The summed E-state index contributed by atoms with van der Waals surface area (Å²) in [5.74, 6) is -2.53. The Bertz CT molecular complexity index is 2240. The second-order valence-electron chi connectivity index (χ2n) is 16.3. The number of nitrogens with zero attached hydrogens (tertiary/aromatic N) is 4. The van der Waals surface area contributed by atoms with Crippen molar-refractivity contribution in [3.63, 3.8) is 0 Å². The lowest BCUT2D eigenvalue weighted by molar-refractivity contribution is -0.131. The number of rotatable bonds is 16. The Morgan fingerprint density at radius 3 is 2.42 bits per heavy atom. The number of nitrogens with one attached hydrogen (secondary N) is 4. The van der Waals surface area contributed by atoms with Crippen LogP contribution in [0.1, 0.15) is 69.9 Å². The third kappa shape index (κ3) is 10.6. The zero-order chi connectivity index (χ0) is 43.8. The van der Waals surface area contributed by atoms with Crippen molar-refractivity contribution in [2.75, 3.05) is 72.5 Å². The summed E-state index contributed by atoms with van der Waals surface area (Å²) in [7, 11) is 0. The lowest BCUT2D eigenvalue weighted by atomic mass is 9.89. The van der Waals surface area contributed by atoms with Gasteiger partial charge in [-0.1, -0.05) is 51.8 Å². The van der Waals surface area contributed by atoms with E-state index in [0.29, 0.717) is 67.7 Å². The smallest absolute Gasteiger partial charge is 0.414 e. The summed E-state index contributed by atoms with van der Waals surface area (Å²) in [6, 6.07) is 16.8. The van der Waals surface area contributed by atoms with Crippen LogP contribution in [0.5, 0.6) is 0 Å². The lowest BCUT2D eigenvalue weighted by Gasteiger charge is -2.39. The number of oxazole rings is 1. The van der Waals surface area contributed by atoms with Gasteiger partial charge in [0.1, 0.15) is 24.0 Å². The highest BCUT2D eigenvalue weighted by Gasteiger charge is 2.45. The van der Waals surface area contributed by atoms with Crippen molar-refractivity contribution in [2.24, 2.45) is 5.92 Å². The first-order valence-corrected chi connectivity index (χ1v) is 21.4. The van der Waals surface area contributed by atoms with E-state index >= 15 is 0 Å². The van der Waals surface area contributed by atoms with Crippen molar-refractivity contribution in [3.05, 3.63) is 77.6 Å². The van der Waals surface area contributed by atoms with Crippen LogP contribution in [0.2, 0.25) is 0 Å². The van der Waals surface area contributed by atoms with Crippen molar-refractivity contribution >= 4 is 63.9 Å². The molecule has 3 unspecified atom stereocenters. The van der Waals surface area contributed by atoms with E-state index in [1.54, 1.807) is 49.1 Å². The quantitative estimate of drug-likeness (QED) is 0.108. The Morgan fingerprint density at radius 1 is 0.887 bits per heavy atom. The maximum absolute atomic E-state index is 14.7. The van der Waals surface area contributed by atoms with Gasteiger partial charge in [0.15, 0.2) is 5.58 Å². The average Bonchev–Trinajstić information content (AvgIpc) is 3.85. The molecule has 62 heavy (non-hydrogen) atoms. The minimum absolute atomic E-state index is 0.0533. The molecule has 17 heteroatoms. The minimum atomic E-state index is -0.905. The molecule has 1 aromatic heterocycles. The Morgan fingerprint density at radius 2 is 1.66 bits per heavy atom. The van der Waals surface area contributed by atoms with Crippen molar-refractivity contribution < 1.29 is 42.3 Å². The molecular formula is C45H55FN8O8. The van der Waals surface area contributed by atoms with Crippen molar-refractivity contribution in [1.82, 2.24) is 20.9 Å². The number of hydrogen-bond acceptors (Lipinski definition) is 11. The Hall–Kier alpha value is -6.23. The molecular weight excluding hydrogens is 800 g/mol. The summed E-state index contributed by atoms with van der Waals surface area (Å²) >= 11 is 0. The number of amides is 5. The van der Waals surface area contributed by atoms with Gasteiger partial charge in [0.2, 0.25) is 23.6 Å². The van der Waals surface area contributed by atoms with E-state index in [1.165, 1.54) is 12.1 Å². The van der Waals surface area contributed by atoms with Crippen LogP contribution in [0.4, 0.5) is 32.3 Å². The van der Waals surface area contributed by atoms with E-state index in [0.717, 1.165) is 49.1 Å². The maximum atomic E-state index is 14.7. The summed E-state index contributed by atoms with van der Waals surface area (Å²) in [5.41, 5.74) is 4.96. The summed E-state index contributed by atoms with van der Waals surface area (Å²) < 4.78 is 32.1. The second kappa shape index (κ2) is 20.1. The number of aromatic nitrogens is 1. The Balaban J connectivity index is 0.894. The maximum Gasteiger partial charge on any atom is 0.414 e. The molecule has 330 valence electrons. The lowest BCUT2D eigenvalue weighted by Crippen LogP contribution is -2.52. The number of unbranched alkanes of at least 4 members (excludes halogenated alkanes) is 2. The van der Waals surface area contributed by atoms with Gasteiger partial charge in [-0.15, -0.1) is 0 Å². The molecule has 0 radical (unpaired) electrons. The third-order valence-electron chi connectivity index (χ3n) is 11.5. The van der Waals surface area contributed by atoms with Crippen LogP contribution in [-0.2, 0) is 35.3 Å². The highest BCUT2D eigenvalue weighted by Crippen LogP contribution is 2.46. The average molecular weight is 855 g/mol. The molecule has 16 nitrogen and oxygen atoms in total. The minimum Gasteiger partial charge on any atom is -0.444 e. The van der Waals surface area contributed by atoms with Crippen LogP contribution in [0.15, 0.2) is 65.1 Å². The first-order valence-electron chi connectivity index (χ1n) is 21.4. The molecule has 3 aliphatic rings. The largest absolute Gasteiger partial charge is 0.444 e. The van der Waals surface area contributed by atoms with Gasteiger partial charge in [0.05, 0.1) is 38.0 Å². The highest BCUT2D eigenvalue weighted by atomic mass is 19.1. The SMILES string of the molecule is CCCCCC(=O)NCC(=O)NC(C(=O)NCC(=O)Nc1ccc(COC(=O)N2c3cc(F)ccc3C3CN(c4ccc5nc(N6CCOCC6)oc5c4)CCC32)cc1)C(C)C. The summed E-state index contributed by atoms with van der Waals surface area (Å²) in [6.45, 7) is 8.90. The molecule has 3 aromatic carbocycles. The van der Waals surface area contributed by atoms with Crippen LogP contribution < -0.4 is 36.0 Å². The van der Waals surface area contributed by atoms with Crippen LogP contribution >= 0.6 is 0 Å². The molecule has 0 spiro atoms. The van der Waals surface area contributed by atoms with E-state index in [1.807, 2.05) is 25.1 Å². The predicted octanol–water partition coefficient (Wildman–Crippen LogP) is 5.21. The van der Waals surface area contributed by atoms with E-state index < -0.39 is 35.7 Å². The molecule has 4 heterocycles. The molecule has 3 atom stereocenters. The van der Waals surface area contributed by atoms with Crippen molar-refractivity contribution in [2.45, 2.75) is 77.5 Å². The fourth-order valence-corrected chi connectivity index (χ4v) is 8.17. The fraction of sp³-hybridized carbons (Fsp3) is 0.467. The molecule has 2 fully saturated rings. The van der Waals surface area contributed by atoms with E-state index in [2.05, 4.69) is 36.1 Å². The van der Waals surface area contributed by atoms with Crippen LogP contribution in [-0.4, -0.2) is 99.3 Å². The van der Waals surface area contributed by atoms with E-state index in [-0.39, 0.29) is 43.5 Å². The van der Waals surface area contributed by atoms with E-state index in [9.17, 15) is 28.4 Å². The summed E-state index contributed by atoms with van der Waals surface area (Å²) in [5, 5.41) is 10.5. The van der Waals surface area contributed by atoms with Crippen LogP contribution in [0.3, 0.4) is 0 Å². The Kier molecular flexibility index (Phi) is 14.2. The standard InChI is InChI=1S/C45H55FN8O8/c1-4-5-6-7-39(55)47-24-41(57)51-42(28(2)3)43(58)48-25-40(56)49-31-11-8-29(9-12-31)27-61-45(59)54-36-16-17-53(26-34(36)33-14-10-30(46)22-37(33)54)32-13-15-35-38(23-32)62-44(50-35)52-18-20-60-21-19-52/h8-15,22-23,28,34,36,42H,4-7,16-21,24-27H2,1-3H3,(H,47,55)(H,48,58)(H,49,56)(H,51,57). The van der Waals surface area contributed by atoms with Gasteiger partial charge < -0.3 is 45.0 Å². The molecule has 7 rings (SSSR count). The molecule has 4 aromatic rings.